The number of rotatable bonds is 4. The number of nitrogens with zero attached hydrogens (tertiary/aromatic N) is 2. The molecule has 1 unspecified atom stereocenters. The normalized spacial score (nSPS) is 18.9. The van der Waals surface area contributed by atoms with Crippen molar-refractivity contribution in [3.63, 3.8) is 0 Å². The monoisotopic (exact) mass is 331 g/mol. The highest BCUT2D eigenvalue weighted by atomic mass is 35.5. The summed E-state index contributed by atoms with van der Waals surface area (Å²) in [5, 5.41) is 0. The summed E-state index contributed by atoms with van der Waals surface area (Å²) in [6.45, 7) is 1.33. The van der Waals surface area contributed by atoms with Gasteiger partial charge in [-0.2, -0.15) is 0 Å². The zero-order valence-corrected chi connectivity index (χ0v) is 13.0. The Bertz CT molecular complexity index is 708. The molecular formula is C12H14ClN3O2S2. The Morgan fingerprint density at radius 2 is 2.35 bits per heavy atom. The van der Waals surface area contributed by atoms with E-state index in [0.29, 0.717) is 10.9 Å². The summed E-state index contributed by atoms with van der Waals surface area (Å²) in [6.07, 6.45) is 5.51. The van der Waals surface area contributed by atoms with E-state index in [1.165, 1.54) is 6.07 Å². The van der Waals surface area contributed by atoms with Gasteiger partial charge in [0, 0.05) is 31.9 Å². The fraction of sp³-hybridized carbons (Fsp3) is 0.417. The van der Waals surface area contributed by atoms with E-state index < -0.39 is 10.0 Å². The van der Waals surface area contributed by atoms with E-state index in [1.54, 1.807) is 12.3 Å². The van der Waals surface area contributed by atoms with Crippen molar-refractivity contribution in [3.05, 3.63) is 34.7 Å². The molecule has 3 heterocycles. The highest BCUT2D eigenvalue weighted by molar-refractivity contribution is 7.91. The lowest BCUT2D eigenvalue weighted by molar-refractivity contribution is 0.379. The van der Waals surface area contributed by atoms with E-state index >= 15 is 0 Å². The van der Waals surface area contributed by atoms with Crippen molar-refractivity contribution < 1.29 is 8.42 Å². The molecule has 0 saturated heterocycles. The molecule has 5 nitrogen and oxygen atoms in total. The van der Waals surface area contributed by atoms with Gasteiger partial charge in [-0.3, -0.25) is 0 Å². The van der Waals surface area contributed by atoms with Crippen LogP contribution in [-0.2, 0) is 23.0 Å². The number of nitrogens with one attached hydrogen (secondary N) is 1. The summed E-state index contributed by atoms with van der Waals surface area (Å²) in [6, 6.07) is 3.13. The van der Waals surface area contributed by atoms with E-state index in [1.807, 2.05) is 6.20 Å². The van der Waals surface area contributed by atoms with E-state index in [-0.39, 0.29) is 10.1 Å². The second kappa shape index (κ2) is 5.48. The number of halogens is 1. The molecule has 0 saturated carbocycles. The molecule has 1 aliphatic rings. The first-order valence-corrected chi connectivity index (χ1v) is 8.97. The number of hydrogen-bond acceptors (Lipinski definition) is 4. The molecule has 1 atom stereocenters. The van der Waals surface area contributed by atoms with Crippen LogP contribution in [0.4, 0.5) is 0 Å². The molecule has 1 aliphatic heterocycles. The van der Waals surface area contributed by atoms with Gasteiger partial charge < -0.3 is 4.57 Å². The second-order valence-corrected chi connectivity index (χ2v) is 8.52. The maximum absolute atomic E-state index is 12.1. The zero-order valence-electron chi connectivity index (χ0n) is 10.6. The van der Waals surface area contributed by atoms with Gasteiger partial charge in [-0.25, -0.2) is 18.1 Å². The fourth-order valence-electron chi connectivity index (χ4n) is 2.33. The van der Waals surface area contributed by atoms with Crippen molar-refractivity contribution in [1.29, 1.82) is 0 Å². The smallest absolute Gasteiger partial charge is 0.250 e. The van der Waals surface area contributed by atoms with Crippen LogP contribution < -0.4 is 4.72 Å². The molecule has 1 N–H and O–H groups in total. The molecule has 8 heteroatoms. The molecule has 0 amide bonds. The number of sulfonamides is 1. The minimum atomic E-state index is -3.45. The SMILES string of the molecule is O=S(=O)(NCC1CCn2ccnc2C1)c1ccc(Cl)s1. The molecule has 0 radical (unpaired) electrons. The van der Waals surface area contributed by atoms with Crippen molar-refractivity contribution in [3.8, 4) is 0 Å². The Kier molecular flexibility index (Phi) is 3.85. The third-order valence-corrected chi connectivity index (χ3v) is 6.57. The third-order valence-electron chi connectivity index (χ3n) is 3.43. The topological polar surface area (TPSA) is 64.0 Å². The van der Waals surface area contributed by atoms with Crippen LogP contribution in [0.3, 0.4) is 0 Å². The molecule has 3 rings (SSSR count). The van der Waals surface area contributed by atoms with Crippen molar-refractivity contribution in [2.45, 2.75) is 23.6 Å². The van der Waals surface area contributed by atoms with Crippen LogP contribution in [-0.4, -0.2) is 24.5 Å². The van der Waals surface area contributed by atoms with Crippen molar-refractivity contribution in [2.24, 2.45) is 5.92 Å². The minimum absolute atomic E-state index is 0.264. The van der Waals surface area contributed by atoms with Crippen molar-refractivity contribution in [1.82, 2.24) is 14.3 Å². The summed E-state index contributed by atoms with van der Waals surface area (Å²) in [7, 11) is -3.45. The Morgan fingerprint density at radius 1 is 1.50 bits per heavy atom. The van der Waals surface area contributed by atoms with Gasteiger partial charge in [0.05, 0.1) is 4.34 Å². The summed E-state index contributed by atoms with van der Waals surface area (Å²) in [4.78, 5) is 4.28. The fourth-order valence-corrected chi connectivity index (χ4v) is 4.97. The minimum Gasteiger partial charge on any atom is -0.335 e. The Morgan fingerprint density at radius 3 is 3.10 bits per heavy atom. The van der Waals surface area contributed by atoms with Crippen LogP contribution >= 0.6 is 22.9 Å². The van der Waals surface area contributed by atoms with Crippen molar-refractivity contribution in [2.75, 3.05) is 6.54 Å². The lowest BCUT2D eigenvalue weighted by atomic mass is 9.98. The lowest BCUT2D eigenvalue weighted by Crippen LogP contribution is -2.32. The maximum Gasteiger partial charge on any atom is 0.250 e. The second-order valence-electron chi connectivity index (χ2n) is 4.81. The standard InChI is InChI=1S/C12H14ClN3O2S2/c13-10-1-2-12(19-10)20(17,18)15-8-9-3-5-16-6-4-14-11(16)7-9/h1-2,4,6,9,15H,3,5,7-8H2. The lowest BCUT2D eigenvalue weighted by Gasteiger charge is -2.23. The molecule has 0 aliphatic carbocycles. The number of imidazole rings is 1. The van der Waals surface area contributed by atoms with Crippen LogP contribution in [0, 0.1) is 5.92 Å². The average Bonchev–Trinajstić information content (AvgIpc) is 3.04. The predicted octanol–water partition coefficient (Wildman–Crippen LogP) is 2.14. The van der Waals surface area contributed by atoms with Gasteiger partial charge in [0.15, 0.2) is 0 Å². The molecule has 0 spiro atoms. The van der Waals surface area contributed by atoms with Gasteiger partial charge >= 0.3 is 0 Å². The Hall–Kier alpha value is -0.890. The van der Waals surface area contributed by atoms with E-state index in [2.05, 4.69) is 14.3 Å². The van der Waals surface area contributed by atoms with Gasteiger partial charge in [0.2, 0.25) is 10.0 Å². The van der Waals surface area contributed by atoms with E-state index in [4.69, 9.17) is 11.6 Å². The first-order chi connectivity index (χ1) is 9.54. The van der Waals surface area contributed by atoms with Crippen LogP contribution in [0.5, 0.6) is 0 Å². The molecule has 2 aromatic heterocycles. The summed E-state index contributed by atoms with van der Waals surface area (Å²) < 4.78 is 29.7. The highest BCUT2D eigenvalue weighted by Gasteiger charge is 2.22. The van der Waals surface area contributed by atoms with Crippen LogP contribution in [0.1, 0.15) is 12.2 Å². The summed E-state index contributed by atoms with van der Waals surface area (Å²) >= 11 is 6.84. The Balaban J connectivity index is 1.63. The number of thiophene rings is 1. The summed E-state index contributed by atoms with van der Waals surface area (Å²) in [5.41, 5.74) is 0. The zero-order chi connectivity index (χ0) is 14.2. The molecule has 0 bridgehead atoms. The van der Waals surface area contributed by atoms with Crippen LogP contribution in [0.15, 0.2) is 28.7 Å². The first kappa shape index (κ1) is 14.1. The van der Waals surface area contributed by atoms with Crippen LogP contribution in [0.2, 0.25) is 4.34 Å². The predicted molar refractivity (Wildman–Crippen MR) is 78.6 cm³/mol. The van der Waals surface area contributed by atoms with Gasteiger partial charge in [0.25, 0.3) is 0 Å². The third kappa shape index (κ3) is 2.90. The number of hydrogen-bond donors (Lipinski definition) is 1. The molecule has 2 aromatic rings. The molecular weight excluding hydrogens is 318 g/mol. The number of fused-ring (bicyclic) bond motifs is 1. The average molecular weight is 332 g/mol. The van der Waals surface area contributed by atoms with E-state index in [0.717, 1.165) is 36.5 Å². The van der Waals surface area contributed by atoms with Crippen LogP contribution in [0.25, 0.3) is 0 Å². The quantitative estimate of drug-likeness (QED) is 0.933. The number of aromatic nitrogens is 2. The first-order valence-electron chi connectivity index (χ1n) is 6.29. The van der Waals surface area contributed by atoms with E-state index in [9.17, 15) is 8.42 Å². The molecule has 108 valence electrons. The maximum atomic E-state index is 12.1. The van der Waals surface area contributed by atoms with Gasteiger partial charge in [0.1, 0.15) is 10.0 Å². The molecule has 0 fully saturated rings. The molecule has 0 aromatic carbocycles. The largest absolute Gasteiger partial charge is 0.335 e. The van der Waals surface area contributed by atoms with Gasteiger partial charge in [-0.05, 0) is 24.5 Å². The highest BCUT2D eigenvalue weighted by Crippen LogP contribution is 2.26. The Labute approximate surface area is 126 Å². The van der Waals surface area contributed by atoms with Crippen molar-refractivity contribution >= 4 is 33.0 Å². The number of aryl methyl sites for hydroxylation is 1. The molecule has 20 heavy (non-hydrogen) atoms. The van der Waals surface area contributed by atoms with Gasteiger partial charge in [-0.1, -0.05) is 11.6 Å². The van der Waals surface area contributed by atoms with Gasteiger partial charge in [-0.15, -0.1) is 11.3 Å². The summed E-state index contributed by atoms with van der Waals surface area (Å²) in [5.74, 6) is 1.31.